The number of anilines is 1. The van der Waals surface area contributed by atoms with Gasteiger partial charge in [-0.2, -0.15) is 4.68 Å². The maximum absolute atomic E-state index is 13.2. The molecular weight excluding hydrogens is 572 g/mol. The number of carbonyl (C=O) groups is 3. The predicted octanol–water partition coefficient (Wildman–Crippen LogP) is 4.44. The first-order valence-corrected chi connectivity index (χ1v) is 14.2. The summed E-state index contributed by atoms with van der Waals surface area (Å²) in [5.74, 6) is 0.0253. The second-order valence-corrected chi connectivity index (χ2v) is 10.9. The zero-order valence-corrected chi connectivity index (χ0v) is 24.5. The molecule has 2 amide bonds. The molecule has 43 heavy (non-hydrogen) atoms. The summed E-state index contributed by atoms with van der Waals surface area (Å²) >= 11 is 6.22. The van der Waals surface area contributed by atoms with Gasteiger partial charge in [-0.1, -0.05) is 30.7 Å². The van der Waals surface area contributed by atoms with Gasteiger partial charge in [-0.05, 0) is 71.5 Å². The number of esters is 1. The highest BCUT2D eigenvalue weighted by Crippen LogP contribution is 2.31. The minimum absolute atomic E-state index is 0.0823. The molecule has 12 nitrogen and oxygen atoms in total. The van der Waals surface area contributed by atoms with Crippen LogP contribution in [0.4, 0.5) is 5.69 Å². The third kappa shape index (κ3) is 7.52. The Morgan fingerprint density at radius 3 is 2.84 bits per heavy atom. The second kappa shape index (κ2) is 13.4. The first-order valence-electron chi connectivity index (χ1n) is 13.9. The third-order valence-electron chi connectivity index (χ3n) is 7.28. The Morgan fingerprint density at radius 2 is 2.05 bits per heavy atom. The first-order chi connectivity index (χ1) is 20.8. The molecular formula is C30H31ClN8O4. The van der Waals surface area contributed by atoms with E-state index in [9.17, 15) is 14.4 Å². The largest absolute Gasteiger partial charge is 0.469 e. The maximum atomic E-state index is 13.2. The molecule has 2 bridgehead atoms. The van der Waals surface area contributed by atoms with Crippen LogP contribution in [0.15, 0.2) is 55.0 Å². The Kier molecular flexibility index (Phi) is 9.26. The van der Waals surface area contributed by atoms with Gasteiger partial charge in [-0.25, -0.2) is 4.98 Å². The molecule has 0 saturated carbocycles. The molecule has 0 aliphatic carbocycles. The summed E-state index contributed by atoms with van der Waals surface area (Å²) in [4.78, 5) is 45.8. The number of imidazole rings is 1. The predicted molar refractivity (Wildman–Crippen MR) is 160 cm³/mol. The molecule has 1 unspecified atom stereocenters. The molecule has 13 heteroatoms. The average molecular weight is 603 g/mol. The molecule has 3 N–H and O–H groups in total. The molecule has 2 aromatic heterocycles. The number of hydrogen-bond donors (Lipinski definition) is 3. The fourth-order valence-electron chi connectivity index (χ4n) is 4.92. The molecule has 222 valence electrons. The van der Waals surface area contributed by atoms with Gasteiger partial charge in [0.2, 0.25) is 11.8 Å². The number of aromatic amines is 1. The number of nitrogens with one attached hydrogen (secondary N) is 3. The molecule has 0 spiro atoms. The van der Waals surface area contributed by atoms with E-state index >= 15 is 0 Å². The van der Waals surface area contributed by atoms with E-state index in [4.69, 9.17) is 16.3 Å². The summed E-state index contributed by atoms with van der Waals surface area (Å²) in [5, 5.41) is 17.9. The van der Waals surface area contributed by atoms with E-state index < -0.39 is 6.04 Å². The van der Waals surface area contributed by atoms with E-state index in [1.807, 2.05) is 12.1 Å². The number of methoxy groups -OCH3 is 1. The highest BCUT2D eigenvalue weighted by molar-refractivity contribution is 6.30. The van der Waals surface area contributed by atoms with E-state index in [1.165, 1.54) is 24.2 Å². The van der Waals surface area contributed by atoms with Crippen molar-refractivity contribution < 1.29 is 19.1 Å². The summed E-state index contributed by atoms with van der Waals surface area (Å²) in [7, 11) is 1.34. The van der Waals surface area contributed by atoms with Crippen molar-refractivity contribution in [1.82, 2.24) is 35.5 Å². The van der Waals surface area contributed by atoms with Crippen LogP contribution in [0.3, 0.4) is 0 Å². The smallest absolute Gasteiger partial charge is 0.309 e. The van der Waals surface area contributed by atoms with Gasteiger partial charge in [0.05, 0.1) is 42.8 Å². The van der Waals surface area contributed by atoms with Gasteiger partial charge in [0, 0.05) is 28.6 Å². The third-order valence-corrected chi connectivity index (χ3v) is 7.51. The lowest BCUT2D eigenvalue weighted by Gasteiger charge is -2.18. The second-order valence-electron chi connectivity index (χ2n) is 10.4. The van der Waals surface area contributed by atoms with Crippen LogP contribution in [0, 0.1) is 5.92 Å². The van der Waals surface area contributed by atoms with Gasteiger partial charge >= 0.3 is 5.97 Å². The van der Waals surface area contributed by atoms with E-state index in [1.54, 1.807) is 36.5 Å². The highest BCUT2D eigenvalue weighted by Gasteiger charge is 2.22. The van der Waals surface area contributed by atoms with Crippen LogP contribution >= 0.6 is 11.6 Å². The van der Waals surface area contributed by atoms with Crippen molar-refractivity contribution in [3.8, 4) is 16.9 Å². The number of H-pyrrole nitrogens is 1. The Labute approximate surface area is 252 Å². The zero-order chi connectivity index (χ0) is 30.3. The van der Waals surface area contributed by atoms with E-state index in [2.05, 4.69) is 43.1 Å². The number of hydrogen-bond acceptors (Lipinski definition) is 8. The Morgan fingerprint density at radius 1 is 1.19 bits per heavy atom. The van der Waals surface area contributed by atoms with Crippen LogP contribution in [0.25, 0.3) is 23.0 Å². The van der Waals surface area contributed by atoms with Gasteiger partial charge in [-0.3, -0.25) is 14.4 Å². The summed E-state index contributed by atoms with van der Waals surface area (Å²) in [6.07, 6.45) is 8.74. The van der Waals surface area contributed by atoms with Crippen LogP contribution in [-0.2, 0) is 25.5 Å². The number of tetrazole rings is 1. The number of benzene rings is 2. The molecule has 0 saturated heterocycles. The minimum Gasteiger partial charge on any atom is -0.469 e. The SMILES string of the molecule is COC(=O)Cc1ccc2c(c1)NC(=O)CCC(C)CC[C@H](NC(=O)/C=C/c1cc(Cl)ccc1-n1cnnn1)c1ncc-2[nH]1. The lowest BCUT2D eigenvalue weighted by molar-refractivity contribution is -0.139. The molecule has 1 aliphatic heterocycles. The summed E-state index contributed by atoms with van der Waals surface area (Å²) in [6.45, 7) is 2.08. The van der Waals surface area contributed by atoms with Gasteiger partial charge in [0.25, 0.3) is 0 Å². The Hall–Kier alpha value is -4.84. The molecule has 0 fully saturated rings. The molecule has 1 aliphatic rings. The lowest BCUT2D eigenvalue weighted by atomic mass is 9.96. The summed E-state index contributed by atoms with van der Waals surface area (Å²) in [5.41, 5.74) is 4.00. The number of rotatable bonds is 6. The van der Waals surface area contributed by atoms with Gasteiger partial charge in [-0.15, -0.1) is 5.10 Å². The highest BCUT2D eigenvalue weighted by atomic mass is 35.5. The van der Waals surface area contributed by atoms with Crippen LogP contribution < -0.4 is 10.6 Å². The maximum Gasteiger partial charge on any atom is 0.309 e. The number of halogens is 1. The van der Waals surface area contributed by atoms with Crippen LogP contribution in [0.1, 0.15) is 55.6 Å². The van der Waals surface area contributed by atoms with Crippen LogP contribution in [-0.4, -0.2) is 55.1 Å². The topological polar surface area (TPSA) is 157 Å². The lowest BCUT2D eigenvalue weighted by Crippen LogP contribution is -2.28. The van der Waals surface area contributed by atoms with Crippen LogP contribution in [0.2, 0.25) is 5.02 Å². The quantitative estimate of drug-likeness (QED) is 0.216. The number of aromatic nitrogens is 6. The average Bonchev–Trinajstić information content (AvgIpc) is 3.70. The number of amides is 2. The normalized spacial score (nSPS) is 17.2. The van der Waals surface area contributed by atoms with Crippen molar-refractivity contribution in [2.75, 3.05) is 12.4 Å². The van der Waals surface area contributed by atoms with Gasteiger partial charge in [0.1, 0.15) is 12.2 Å². The molecule has 0 radical (unpaired) electrons. The van der Waals surface area contributed by atoms with E-state index in [0.717, 1.165) is 6.42 Å². The zero-order valence-electron chi connectivity index (χ0n) is 23.7. The minimum atomic E-state index is -0.404. The standard InChI is InChI=1S/C30H31ClN8O4/c1-18-3-9-23(34-28(41)12-6-20-15-21(31)7-10-26(20)39-17-33-37-38-39)30-32-16-25(36-30)22-8-5-19(14-29(42)43-2)13-24(22)35-27(40)11-4-18/h5-8,10,12-13,15-18,23H,3-4,9,11,14H2,1-2H3,(H,32,36)(H,34,41)(H,35,40)/b12-6+/t18?,23-/m0/s1. The van der Waals surface area contributed by atoms with Crippen molar-refractivity contribution in [2.45, 2.75) is 45.1 Å². The van der Waals surface area contributed by atoms with Gasteiger partial charge < -0.3 is 20.4 Å². The number of carbonyl (C=O) groups excluding carboxylic acids is 3. The molecule has 2 aromatic carbocycles. The van der Waals surface area contributed by atoms with Crippen molar-refractivity contribution in [3.63, 3.8) is 0 Å². The van der Waals surface area contributed by atoms with Crippen molar-refractivity contribution in [3.05, 3.63) is 77.0 Å². The summed E-state index contributed by atoms with van der Waals surface area (Å²) < 4.78 is 6.29. The first kappa shape index (κ1) is 29.6. The monoisotopic (exact) mass is 602 g/mol. The molecule has 5 rings (SSSR count). The Bertz CT molecular complexity index is 1650. The number of fused-ring (bicyclic) bond motifs is 4. The van der Waals surface area contributed by atoms with Crippen molar-refractivity contribution in [2.24, 2.45) is 5.92 Å². The molecule has 3 heterocycles. The fraction of sp³-hybridized carbons (Fsp3) is 0.300. The van der Waals surface area contributed by atoms with E-state index in [-0.39, 0.29) is 30.1 Å². The summed E-state index contributed by atoms with van der Waals surface area (Å²) in [6, 6.07) is 10.2. The van der Waals surface area contributed by atoms with Crippen LogP contribution in [0.5, 0.6) is 0 Å². The Balaban J connectivity index is 1.41. The fourth-order valence-corrected chi connectivity index (χ4v) is 5.10. The van der Waals surface area contributed by atoms with Gasteiger partial charge in [0.15, 0.2) is 0 Å². The van der Waals surface area contributed by atoms with Crippen molar-refractivity contribution >= 4 is 41.1 Å². The molecule has 4 aromatic rings. The number of ether oxygens (including phenoxy) is 1. The van der Waals surface area contributed by atoms with Crippen molar-refractivity contribution in [1.29, 1.82) is 0 Å². The number of nitrogens with zero attached hydrogens (tertiary/aromatic N) is 5. The molecule has 2 atom stereocenters. The van der Waals surface area contributed by atoms with E-state index in [0.29, 0.717) is 63.9 Å².